The summed E-state index contributed by atoms with van der Waals surface area (Å²) >= 11 is 0. The van der Waals surface area contributed by atoms with Gasteiger partial charge in [-0.2, -0.15) is 0 Å². The number of nitrogens with zero attached hydrogens (tertiary/aromatic N) is 3. The van der Waals surface area contributed by atoms with Gasteiger partial charge < -0.3 is 15.0 Å². The second-order valence-corrected chi connectivity index (χ2v) is 8.49. The molecule has 28 heavy (non-hydrogen) atoms. The molecule has 1 aromatic rings. The number of pyridine rings is 1. The minimum Gasteiger partial charge on any atom is -0.380 e. The molecule has 2 fully saturated rings. The van der Waals surface area contributed by atoms with E-state index in [9.17, 15) is 4.79 Å². The first-order chi connectivity index (χ1) is 13.5. The van der Waals surface area contributed by atoms with Crippen LogP contribution >= 0.6 is 0 Å². The number of ether oxygens (including phenoxy) is 1. The summed E-state index contributed by atoms with van der Waals surface area (Å²) in [6, 6.07) is 4.34. The van der Waals surface area contributed by atoms with E-state index in [-0.39, 0.29) is 5.91 Å². The molecular weight excluding hydrogens is 352 g/mol. The number of hydrogen-bond acceptors (Lipinski definition) is 5. The van der Waals surface area contributed by atoms with E-state index < -0.39 is 0 Å². The standard InChI is InChI=1S/C22H36N4O2/c1-5-22(3,6-2)17-13-19(16-28-15-17)26-11-9-25(10-12-26)18-7-8-20(24-14-18)21(27)23-4/h7-8,14,17,19H,5-6,9-13,15-16H2,1-4H3,(H,23,27). The molecule has 0 bridgehead atoms. The van der Waals surface area contributed by atoms with Gasteiger partial charge in [0, 0.05) is 39.3 Å². The summed E-state index contributed by atoms with van der Waals surface area (Å²) in [7, 11) is 1.63. The predicted molar refractivity (Wildman–Crippen MR) is 113 cm³/mol. The minimum atomic E-state index is -0.144. The van der Waals surface area contributed by atoms with E-state index in [1.54, 1.807) is 13.1 Å². The van der Waals surface area contributed by atoms with Crippen LogP contribution in [0.5, 0.6) is 0 Å². The first-order valence-electron chi connectivity index (χ1n) is 10.8. The summed E-state index contributed by atoms with van der Waals surface area (Å²) in [4.78, 5) is 20.9. The smallest absolute Gasteiger partial charge is 0.269 e. The zero-order chi connectivity index (χ0) is 20.1. The molecule has 0 aliphatic carbocycles. The maximum atomic E-state index is 11.7. The van der Waals surface area contributed by atoms with Crippen molar-refractivity contribution in [1.29, 1.82) is 0 Å². The molecule has 1 N–H and O–H groups in total. The van der Waals surface area contributed by atoms with Gasteiger partial charge in [-0.05, 0) is 29.9 Å². The lowest BCUT2D eigenvalue weighted by Gasteiger charge is -2.46. The topological polar surface area (TPSA) is 57.7 Å². The van der Waals surface area contributed by atoms with Crippen molar-refractivity contribution in [3.05, 3.63) is 24.0 Å². The van der Waals surface area contributed by atoms with Crippen LogP contribution in [-0.2, 0) is 4.74 Å². The highest BCUT2D eigenvalue weighted by molar-refractivity contribution is 5.92. The maximum absolute atomic E-state index is 11.7. The molecule has 0 radical (unpaired) electrons. The highest BCUT2D eigenvalue weighted by Gasteiger charge is 2.37. The molecule has 0 spiro atoms. The number of rotatable bonds is 6. The number of nitrogens with one attached hydrogen (secondary N) is 1. The van der Waals surface area contributed by atoms with Crippen LogP contribution in [0.15, 0.2) is 18.3 Å². The summed E-state index contributed by atoms with van der Waals surface area (Å²) in [6.45, 7) is 12.9. The Morgan fingerprint density at radius 2 is 1.93 bits per heavy atom. The van der Waals surface area contributed by atoms with Crippen molar-refractivity contribution in [2.24, 2.45) is 11.3 Å². The molecule has 1 amide bonds. The largest absolute Gasteiger partial charge is 0.380 e. The van der Waals surface area contributed by atoms with Crippen molar-refractivity contribution in [2.45, 2.75) is 46.1 Å². The Hall–Kier alpha value is -1.66. The summed E-state index contributed by atoms with van der Waals surface area (Å²) in [5, 5.41) is 2.61. The van der Waals surface area contributed by atoms with Gasteiger partial charge in [-0.1, -0.05) is 33.6 Å². The summed E-state index contributed by atoms with van der Waals surface area (Å²) in [6.07, 6.45) is 5.50. The van der Waals surface area contributed by atoms with Gasteiger partial charge in [-0.25, -0.2) is 4.98 Å². The van der Waals surface area contributed by atoms with E-state index in [4.69, 9.17) is 4.74 Å². The number of anilines is 1. The van der Waals surface area contributed by atoms with E-state index in [0.717, 1.165) is 45.1 Å². The Bertz CT molecular complexity index is 636. The second-order valence-electron chi connectivity index (χ2n) is 8.49. The maximum Gasteiger partial charge on any atom is 0.269 e. The van der Waals surface area contributed by atoms with Crippen LogP contribution in [0, 0.1) is 11.3 Å². The van der Waals surface area contributed by atoms with Crippen molar-refractivity contribution in [3.8, 4) is 0 Å². The van der Waals surface area contributed by atoms with Crippen molar-refractivity contribution >= 4 is 11.6 Å². The van der Waals surface area contributed by atoms with Crippen LogP contribution in [0.25, 0.3) is 0 Å². The molecular formula is C22H36N4O2. The molecule has 0 aromatic carbocycles. The predicted octanol–water partition coefficient (Wildman–Crippen LogP) is 2.79. The number of carbonyl (C=O) groups is 1. The van der Waals surface area contributed by atoms with Crippen LogP contribution in [0.3, 0.4) is 0 Å². The molecule has 2 unspecified atom stereocenters. The molecule has 2 atom stereocenters. The quantitative estimate of drug-likeness (QED) is 0.812. The number of aromatic nitrogens is 1. The lowest BCUT2D eigenvalue weighted by atomic mass is 9.70. The van der Waals surface area contributed by atoms with Gasteiger partial charge in [-0.15, -0.1) is 0 Å². The zero-order valence-corrected chi connectivity index (χ0v) is 17.9. The van der Waals surface area contributed by atoms with Crippen LogP contribution in [-0.4, -0.2) is 68.3 Å². The molecule has 1 aromatic heterocycles. The third kappa shape index (κ3) is 4.49. The number of hydrogen-bond donors (Lipinski definition) is 1. The normalized spacial score (nSPS) is 24.2. The average molecular weight is 389 g/mol. The molecule has 0 saturated carbocycles. The summed E-state index contributed by atoms with van der Waals surface area (Å²) in [5.74, 6) is 0.509. The SMILES string of the molecule is CCC(C)(CC)C1COCC(N2CCN(c3ccc(C(=O)NC)nc3)CC2)C1. The molecule has 6 heteroatoms. The molecule has 3 heterocycles. The first-order valence-corrected chi connectivity index (χ1v) is 10.8. The van der Waals surface area contributed by atoms with Gasteiger partial charge in [0.05, 0.1) is 25.1 Å². The van der Waals surface area contributed by atoms with Crippen LogP contribution in [0.1, 0.15) is 50.5 Å². The van der Waals surface area contributed by atoms with Gasteiger partial charge in [0.1, 0.15) is 5.69 Å². The third-order valence-corrected chi connectivity index (χ3v) is 7.19. The highest BCUT2D eigenvalue weighted by atomic mass is 16.5. The fourth-order valence-corrected chi connectivity index (χ4v) is 4.56. The Morgan fingerprint density at radius 1 is 1.21 bits per heavy atom. The Morgan fingerprint density at radius 3 is 2.50 bits per heavy atom. The number of carbonyl (C=O) groups excluding carboxylic acids is 1. The third-order valence-electron chi connectivity index (χ3n) is 7.19. The van der Waals surface area contributed by atoms with Crippen LogP contribution < -0.4 is 10.2 Å². The molecule has 2 saturated heterocycles. The van der Waals surface area contributed by atoms with E-state index in [2.05, 4.69) is 40.9 Å². The van der Waals surface area contributed by atoms with Crippen LogP contribution in [0.2, 0.25) is 0 Å². The molecule has 2 aliphatic heterocycles. The Kier molecular flexibility index (Phi) is 6.94. The van der Waals surface area contributed by atoms with E-state index in [1.807, 2.05) is 12.3 Å². The lowest BCUT2D eigenvalue weighted by molar-refractivity contribution is -0.0560. The number of amides is 1. The van der Waals surface area contributed by atoms with Crippen molar-refractivity contribution in [3.63, 3.8) is 0 Å². The van der Waals surface area contributed by atoms with E-state index >= 15 is 0 Å². The van der Waals surface area contributed by atoms with E-state index in [0.29, 0.717) is 23.1 Å². The van der Waals surface area contributed by atoms with Crippen molar-refractivity contribution < 1.29 is 9.53 Å². The van der Waals surface area contributed by atoms with Crippen molar-refractivity contribution in [2.75, 3.05) is 51.3 Å². The lowest BCUT2D eigenvalue weighted by Crippen LogP contribution is -2.54. The van der Waals surface area contributed by atoms with Gasteiger partial charge in [-0.3, -0.25) is 9.69 Å². The molecule has 6 nitrogen and oxygen atoms in total. The van der Waals surface area contributed by atoms with E-state index in [1.165, 1.54) is 19.3 Å². The Balaban J connectivity index is 1.55. The van der Waals surface area contributed by atoms with Gasteiger partial charge in [0.25, 0.3) is 5.91 Å². The van der Waals surface area contributed by atoms with Gasteiger partial charge in [0.2, 0.25) is 0 Å². The van der Waals surface area contributed by atoms with Gasteiger partial charge in [0.15, 0.2) is 0 Å². The highest BCUT2D eigenvalue weighted by Crippen LogP contribution is 2.40. The monoisotopic (exact) mass is 388 g/mol. The molecule has 3 rings (SSSR count). The van der Waals surface area contributed by atoms with Crippen molar-refractivity contribution in [1.82, 2.24) is 15.2 Å². The van der Waals surface area contributed by atoms with Crippen LogP contribution in [0.4, 0.5) is 5.69 Å². The summed E-state index contributed by atoms with van der Waals surface area (Å²) in [5.41, 5.74) is 1.94. The minimum absolute atomic E-state index is 0.144. The first kappa shape index (κ1) is 21.1. The fraction of sp³-hybridized carbons (Fsp3) is 0.727. The molecule has 156 valence electrons. The fourth-order valence-electron chi connectivity index (χ4n) is 4.56. The average Bonchev–Trinajstić information content (AvgIpc) is 2.78. The second kappa shape index (κ2) is 9.23. The van der Waals surface area contributed by atoms with Gasteiger partial charge >= 0.3 is 0 Å². The Labute approximate surface area is 169 Å². The zero-order valence-electron chi connectivity index (χ0n) is 17.9. The number of piperazine rings is 1. The summed E-state index contributed by atoms with van der Waals surface area (Å²) < 4.78 is 6.05. The molecule has 2 aliphatic rings.